The Balaban J connectivity index is 1.50. The van der Waals surface area contributed by atoms with E-state index in [1.165, 1.54) is 0 Å². The number of rotatable bonds is 4. The van der Waals surface area contributed by atoms with Gasteiger partial charge in [-0.25, -0.2) is 4.90 Å². The molecule has 8 heteroatoms. The zero-order valence-electron chi connectivity index (χ0n) is 16.9. The van der Waals surface area contributed by atoms with Crippen LogP contribution in [-0.2, 0) is 9.59 Å². The minimum Gasteiger partial charge on any atom is -0.350 e. The molecule has 0 aliphatic carbocycles. The number of likely N-dealkylation sites (tertiary alicyclic amines) is 1. The molecule has 0 spiro atoms. The molecule has 6 nitrogen and oxygen atoms in total. The molecule has 1 unspecified atom stereocenters. The fourth-order valence-electron chi connectivity index (χ4n) is 3.86. The van der Waals surface area contributed by atoms with E-state index in [-0.39, 0.29) is 27.3 Å². The van der Waals surface area contributed by atoms with Crippen LogP contribution < -0.4 is 10.2 Å². The summed E-state index contributed by atoms with van der Waals surface area (Å²) in [5.41, 5.74) is 1.35. The van der Waals surface area contributed by atoms with E-state index < -0.39 is 11.8 Å². The molecular formula is C23H21Cl2N3O3. The number of para-hydroxylation sites is 1. The summed E-state index contributed by atoms with van der Waals surface area (Å²) in [6.07, 6.45) is 2.15. The maximum absolute atomic E-state index is 12.9. The van der Waals surface area contributed by atoms with Gasteiger partial charge >= 0.3 is 0 Å². The lowest BCUT2D eigenvalue weighted by Gasteiger charge is -2.31. The van der Waals surface area contributed by atoms with Crippen molar-refractivity contribution >= 4 is 52.3 Å². The van der Waals surface area contributed by atoms with E-state index >= 15 is 0 Å². The van der Waals surface area contributed by atoms with E-state index in [4.69, 9.17) is 23.2 Å². The number of carbonyl (C=O) groups excluding carboxylic acids is 3. The van der Waals surface area contributed by atoms with Crippen LogP contribution in [0, 0.1) is 5.92 Å². The van der Waals surface area contributed by atoms with Crippen molar-refractivity contribution in [3.63, 3.8) is 0 Å². The highest BCUT2D eigenvalue weighted by atomic mass is 35.5. The molecule has 0 radical (unpaired) electrons. The first kappa shape index (κ1) is 21.4. The molecule has 1 saturated heterocycles. The second-order valence-electron chi connectivity index (χ2n) is 7.79. The number of carbonyl (C=O) groups is 3. The summed E-state index contributed by atoms with van der Waals surface area (Å²) < 4.78 is 0. The SMILES string of the molecule is CC1CCCN(C(=O)c2ccc(NC3=C(Cl)C(=O)N(c4ccccc4Cl)C3=O)cc2)C1. The first-order chi connectivity index (χ1) is 14.9. The van der Waals surface area contributed by atoms with Crippen LogP contribution in [0.1, 0.15) is 30.1 Å². The minimum atomic E-state index is -0.645. The molecular weight excluding hydrogens is 437 g/mol. The van der Waals surface area contributed by atoms with Crippen molar-refractivity contribution in [1.82, 2.24) is 4.90 Å². The molecule has 3 amide bonds. The standard InChI is InChI=1S/C23H21Cl2N3O3/c1-14-5-4-12-27(13-14)21(29)15-8-10-16(11-9-15)26-20-19(25)22(30)28(23(20)31)18-7-3-2-6-17(18)24/h2-3,6-11,14,26H,4-5,12-13H2,1H3. The van der Waals surface area contributed by atoms with Crippen LogP contribution in [0.15, 0.2) is 59.3 Å². The molecule has 1 atom stereocenters. The molecule has 0 saturated carbocycles. The molecule has 4 rings (SSSR count). The van der Waals surface area contributed by atoms with Crippen LogP contribution in [-0.4, -0.2) is 35.7 Å². The van der Waals surface area contributed by atoms with Crippen molar-refractivity contribution in [2.24, 2.45) is 5.92 Å². The van der Waals surface area contributed by atoms with Gasteiger partial charge in [0.15, 0.2) is 0 Å². The number of halogens is 2. The summed E-state index contributed by atoms with van der Waals surface area (Å²) in [5.74, 6) is -0.745. The third-order valence-electron chi connectivity index (χ3n) is 5.47. The van der Waals surface area contributed by atoms with Gasteiger partial charge < -0.3 is 10.2 Å². The zero-order valence-corrected chi connectivity index (χ0v) is 18.4. The lowest BCUT2D eigenvalue weighted by molar-refractivity contribution is -0.120. The number of nitrogens with zero attached hydrogens (tertiary/aromatic N) is 2. The largest absolute Gasteiger partial charge is 0.350 e. The molecule has 0 bridgehead atoms. The maximum atomic E-state index is 12.9. The lowest BCUT2D eigenvalue weighted by atomic mass is 9.99. The number of benzene rings is 2. The van der Waals surface area contributed by atoms with E-state index in [9.17, 15) is 14.4 Å². The number of hydrogen-bond acceptors (Lipinski definition) is 4. The zero-order chi connectivity index (χ0) is 22.1. The van der Waals surface area contributed by atoms with E-state index in [2.05, 4.69) is 12.2 Å². The van der Waals surface area contributed by atoms with Gasteiger partial charge in [-0.1, -0.05) is 42.3 Å². The van der Waals surface area contributed by atoms with Crippen molar-refractivity contribution in [3.05, 3.63) is 69.8 Å². The fourth-order valence-corrected chi connectivity index (χ4v) is 4.29. The average Bonchev–Trinajstić information content (AvgIpc) is 2.97. The third-order valence-corrected chi connectivity index (χ3v) is 6.14. The van der Waals surface area contributed by atoms with Crippen LogP contribution in [0.4, 0.5) is 11.4 Å². The van der Waals surface area contributed by atoms with E-state index in [0.29, 0.717) is 17.2 Å². The molecule has 31 heavy (non-hydrogen) atoms. The van der Waals surface area contributed by atoms with Gasteiger partial charge in [0.1, 0.15) is 10.7 Å². The van der Waals surface area contributed by atoms with Crippen LogP contribution in [0.25, 0.3) is 0 Å². The van der Waals surface area contributed by atoms with Gasteiger partial charge in [0.25, 0.3) is 17.7 Å². The maximum Gasteiger partial charge on any atom is 0.283 e. The number of imide groups is 1. The summed E-state index contributed by atoms with van der Waals surface area (Å²) in [5, 5.41) is 2.96. The first-order valence-corrected chi connectivity index (χ1v) is 10.8. The Kier molecular flexibility index (Phi) is 6.03. The summed E-state index contributed by atoms with van der Waals surface area (Å²) >= 11 is 12.3. The molecule has 1 N–H and O–H groups in total. The van der Waals surface area contributed by atoms with Gasteiger partial charge in [0.2, 0.25) is 0 Å². The minimum absolute atomic E-state index is 0.00707. The van der Waals surface area contributed by atoms with E-state index in [0.717, 1.165) is 30.8 Å². The molecule has 2 aromatic rings. The van der Waals surface area contributed by atoms with E-state index in [1.54, 1.807) is 48.5 Å². The van der Waals surface area contributed by atoms with Gasteiger partial charge in [-0.05, 0) is 55.2 Å². The average molecular weight is 458 g/mol. The van der Waals surface area contributed by atoms with Gasteiger partial charge in [-0.2, -0.15) is 0 Å². The predicted octanol–water partition coefficient (Wildman–Crippen LogP) is 4.65. The number of nitrogens with one attached hydrogen (secondary N) is 1. The second kappa shape index (κ2) is 8.73. The van der Waals surface area contributed by atoms with Crippen molar-refractivity contribution in [1.29, 1.82) is 0 Å². The highest BCUT2D eigenvalue weighted by Gasteiger charge is 2.39. The summed E-state index contributed by atoms with van der Waals surface area (Å²) in [7, 11) is 0. The quantitative estimate of drug-likeness (QED) is 0.678. The van der Waals surface area contributed by atoms with Gasteiger partial charge in [0, 0.05) is 24.3 Å². The molecule has 2 aromatic carbocycles. The molecule has 1 fully saturated rings. The number of piperidine rings is 1. The van der Waals surface area contributed by atoms with Crippen LogP contribution in [0.5, 0.6) is 0 Å². The molecule has 0 aromatic heterocycles. The Hall–Kier alpha value is -2.83. The highest BCUT2D eigenvalue weighted by Crippen LogP contribution is 2.34. The Labute approximate surface area is 190 Å². The first-order valence-electron chi connectivity index (χ1n) is 10.1. The Bertz CT molecular complexity index is 1080. The monoisotopic (exact) mass is 457 g/mol. The third kappa shape index (κ3) is 4.18. The number of amides is 3. The normalized spacial score (nSPS) is 19.3. The van der Waals surface area contributed by atoms with Crippen LogP contribution >= 0.6 is 23.2 Å². The van der Waals surface area contributed by atoms with Gasteiger partial charge in [0.05, 0.1) is 10.7 Å². The summed E-state index contributed by atoms with van der Waals surface area (Å²) in [6, 6.07) is 13.3. The smallest absolute Gasteiger partial charge is 0.283 e. The molecule has 2 aliphatic heterocycles. The number of hydrogen-bond donors (Lipinski definition) is 1. The van der Waals surface area contributed by atoms with Crippen molar-refractivity contribution in [3.8, 4) is 0 Å². The Morgan fingerprint density at radius 1 is 1.03 bits per heavy atom. The van der Waals surface area contributed by atoms with E-state index in [1.807, 2.05) is 4.90 Å². The molecule has 160 valence electrons. The second-order valence-corrected chi connectivity index (χ2v) is 8.57. The highest BCUT2D eigenvalue weighted by molar-refractivity contribution is 6.53. The van der Waals surface area contributed by atoms with Crippen molar-refractivity contribution < 1.29 is 14.4 Å². The van der Waals surface area contributed by atoms with Gasteiger partial charge in [-0.3, -0.25) is 14.4 Å². The molecule has 2 heterocycles. The number of anilines is 2. The van der Waals surface area contributed by atoms with Crippen molar-refractivity contribution in [2.45, 2.75) is 19.8 Å². The lowest BCUT2D eigenvalue weighted by Crippen LogP contribution is -2.39. The summed E-state index contributed by atoms with van der Waals surface area (Å²) in [4.78, 5) is 41.0. The van der Waals surface area contributed by atoms with Crippen molar-refractivity contribution in [2.75, 3.05) is 23.3 Å². The van der Waals surface area contributed by atoms with Gasteiger partial charge in [-0.15, -0.1) is 0 Å². The molecule has 2 aliphatic rings. The summed E-state index contributed by atoms with van der Waals surface area (Å²) in [6.45, 7) is 3.67. The predicted molar refractivity (Wildman–Crippen MR) is 121 cm³/mol. The van der Waals surface area contributed by atoms with Crippen LogP contribution in [0.3, 0.4) is 0 Å². The van der Waals surface area contributed by atoms with Crippen LogP contribution in [0.2, 0.25) is 5.02 Å². The Morgan fingerprint density at radius 3 is 2.42 bits per heavy atom. The topological polar surface area (TPSA) is 69.7 Å². The Morgan fingerprint density at radius 2 is 1.74 bits per heavy atom. The fraction of sp³-hybridized carbons (Fsp3) is 0.261.